The van der Waals surface area contributed by atoms with Crippen LogP contribution in [-0.4, -0.2) is 48.5 Å². The van der Waals surface area contributed by atoms with Crippen molar-refractivity contribution in [2.75, 3.05) is 35.7 Å². The molecule has 17 heavy (non-hydrogen) atoms. The fraction of sp³-hybridized carbons (Fsp3) is 0.500. The highest BCUT2D eigenvalue weighted by atomic mass is 79.9. The van der Waals surface area contributed by atoms with E-state index in [4.69, 9.17) is 0 Å². The maximum Gasteiger partial charge on any atom is 0.224 e. The Kier molecular flexibility index (Phi) is 4.01. The first-order valence-electron chi connectivity index (χ1n) is 5.33. The summed E-state index contributed by atoms with van der Waals surface area (Å²) >= 11 is 3.01. The van der Waals surface area contributed by atoms with Crippen LogP contribution in [0.25, 0.3) is 0 Å². The Morgan fingerprint density at radius 1 is 1.24 bits per heavy atom. The van der Waals surface area contributed by atoms with Gasteiger partial charge in [-0.05, 0) is 12.1 Å². The molecule has 1 aromatic rings. The van der Waals surface area contributed by atoms with Crippen molar-refractivity contribution in [3.8, 4) is 0 Å². The Labute approximate surface area is 110 Å². The highest BCUT2D eigenvalue weighted by Crippen LogP contribution is 2.15. The predicted octanol–water partition coefficient (Wildman–Crippen LogP) is 0.886. The van der Waals surface area contributed by atoms with Gasteiger partial charge in [0.1, 0.15) is 10.5 Å². The number of anilines is 1. The van der Waals surface area contributed by atoms with E-state index < -0.39 is 10.0 Å². The van der Waals surface area contributed by atoms with Crippen molar-refractivity contribution >= 4 is 31.8 Å². The molecule has 0 atom stereocenters. The fourth-order valence-electron chi connectivity index (χ4n) is 1.81. The van der Waals surface area contributed by atoms with E-state index in [1.807, 2.05) is 18.2 Å². The molecule has 0 saturated carbocycles. The topological polar surface area (TPSA) is 53.5 Å². The molecule has 7 heteroatoms. The number of hydrogen-bond donors (Lipinski definition) is 0. The Morgan fingerprint density at radius 2 is 1.94 bits per heavy atom. The van der Waals surface area contributed by atoms with Crippen LogP contribution in [0.3, 0.4) is 0 Å². The second kappa shape index (κ2) is 5.32. The van der Waals surface area contributed by atoms with E-state index in [1.165, 1.54) is 4.31 Å². The average Bonchev–Trinajstić information content (AvgIpc) is 2.40. The third kappa shape index (κ3) is 2.97. The molecule has 0 aliphatic carbocycles. The zero-order valence-corrected chi connectivity index (χ0v) is 11.7. The molecule has 0 spiro atoms. The van der Waals surface area contributed by atoms with E-state index in [0.717, 1.165) is 5.82 Å². The lowest BCUT2D eigenvalue weighted by atomic mass is 10.3. The maximum atomic E-state index is 11.6. The quantitative estimate of drug-likeness (QED) is 0.776. The number of nitrogens with zero attached hydrogens (tertiary/aromatic N) is 3. The van der Waals surface area contributed by atoms with Crippen LogP contribution in [0.15, 0.2) is 24.4 Å². The summed E-state index contributed by atoms with van der Waals surface area (Å²) in [7, 11) is -3.12. The van der Waals surface area contributed by atoms with Gasteiger partial charge in [0.05, 0.1) is 0 Å². The summed E-state index contributed by atoms with van der Waals surface area (Å²) in [4.78, 5) is 6.36. The summed E-state index contributed by atoms with van der Waals surface area (Å²) in [5.74, 6) is 0.906. The molecule has 0 N–H and O–H groups in total. The van der Waals surface area contributed by atoms with Gasteiger partial charge in [0.15, 0.2) is 0 Å². The van der Waals surface area contributed by atoms with Crippen molar-refractivity contribution in [3.63, 3.8) is 0 Å². The maximum absolute atomic E-state index is 11.6. The number of pyridine rings is 1. The number of aromatic nitrogens is 1. The number of piperazine rings is 1. The van der Waals surface area contributed by atoms with Crippen LogP contribution in [0.1, 0.15) is 0 Å². The second-order valence-corrected chi connectivity index (χ2v) is 7.07. The lowest BCUT2D eigenvalue weighted by Gasteiger charge is -2.34. The summed E-state index contributed by atoms with van der Waals surface area (Å²) in [6, 6.07) is 5.74. The van der Waals surface area contributed by atoms with E-state index in [1.54, 1.807) is 6.20 Å². The first kappa shape index (κ1) is 12.8. The minimum Gasteiger partial charge on any atom is -0.354 e. The third-order valence-electron chi connectivity index (χ3n) is 2.74. The monoisotopic (exact) mass is 319 g/mol. The number of rotatable bonds is 3. The van der Waals surface area contributed by atoms with E-state index >= 15 is 0 Å². The zero-order valence-electron chi connectivity index (χ0n) is 9.29. The van der Waals surface area contributed by atoms with Crippen LogP contribution in [0.2, 0.25) is 0 Å². The van der Waals surface area contributed by atoms with Gasteiger partial charge in [-0.1, -0.05) is 22.0 Å². The third-order valence-corrected chi connectivity index (χ3v) is 5.91. The highest BCUT2D eigenvalue weighted by Gasteiger charge is 2.26. The highest BCUT2D eigenvalue weighted by molar-refractivity contribution is 9.10. The molecule has 2 rings (SSSR count). The predicted molar refractivity (Wildman–Crippen MR) is 70.7 cm³/mol. The smallest absolute Gasteiger partial charge is 0.224 e. The molecule has 94 valence electrons. The van der Waals surface area contributed by atoms with Gasteiger partial charge in [-0.2, -0.15) is 4.31 Å². The van der Waals surface area contributed by atoms with Crippen molar-refractivity contribution in [1.29, 1.82) is 0 Å². The van der Waals surface area contributed by atoms with Crippen molar-refractivity contribution in [2.24, 2.45) is 0 Å². The summed E-state index contributed by atoms with van der Waals surface area (Å²) in [6.45, 7) is 2.40. The standard InChI is InChI=1S/C10H14BrN3O2S/c11-9-17(15,16)14-7-5-13(6-8-14)10-3-1-2-4-12-10/h1-4H,5-9H2. The van der Waals surface area contributed by atoms with Crippen LogP contribution in [0, 0.1) is 0 Å². The molecule has 1 aliphatic rings. The minimum absolute atomic E-state index is 0.0103. The van der Waals surface area contributed by atoms with Gasteiger partial charge in [0.2, 0.25) is 10.0 Å². The average molecular weight is 320 g/mol. The Morgan fingerprint density at radius 3 is 2.47 bits per heavy atom. The van der Waals surface area contributed by atoms with Crippen molar-refractivity contribution in [3.05, 3.63) is 24.4 Å². The molecule has 0 bridgehead atoms. The molecule has 0 radical (unpaired) electrons. The number of halogens is 1. The molecular formula is C10H14BrN3O2S. The largest absolute Gasteiger partial charge is 0.354 e. The summed E-state index contributed by atoms with van der Waals surface area (Å²) in [5.41, 5.74) is 0. The lowest BCUT2D eigenvalue weighted by molar-refractivity contribution is 0.386. The molecule has 1 aromatic heterocycles. The van der Waals surface area contributed by atoms with Crippen molar-refractivity contribution < 1.29 is 8.42 Å². The Bertz CT molecular complexity index is 458. The summed E-state index contributed by atoms with van der Waals surface area (Å²) in [5, 5.41) is 0. The lowest BCUT2D eigenvalue weighted by Crippen LogP contribution is -2.49. The normalized spacial score (nSPS) is 18.3. The number of alkyl halides is 1. The molecule has 1 aliphatic heterocycles. The SMILES string of the molecule is O=S(=O)(CBr)N1CCN(c2ccccn2)CC1. The molecule has 0 amide bonds. The molecule has 1 saturated heterocycles. The van der Waals surface area contributed by atoms with Crippen LogP contribution in [0.5, 0.6) is 0 Å². The molecular weight excluding hydrogens is 306 g/mol. The molecule has 2 heterocycles. The second-order valence-electron chi connectivity index (χ2n) is 3.80. The van der Waals surface area contributed by atoms with Crippen molar-refractivity contribution in [2.45, 2.75) is 0 Å². The molecule has 1 fully saturated rings. The summed E-state index contributed by atoms with van der Waals surface area (Å²) in [6.07, 6.45) is 1.75. The van der Waals surface area contributed by atoms with Gasteiger partial charge in [-0.25, -0.2) is 13.4 Å². The summed E-state index contributed by atoms with van der Waals surface area (Å²) < 4.78 is 24.8. The van der Waals surface area contributed by atoms with E-state index in [-0.39, 0.29) is 4.66 Å². The Hall–Kier alpha value is -0.660. The molecule has 5 nitrogen and oxygen atoms in total. The number of sulfonamides is 1. The van der Waals surface area contributed by atoms with Gasteiger partial charge in [0, 0.05) is 32.4 Å². The Balaban J connectivity index is 2.00. The first-order valence-corrected chi connectivity index (χ1v) is 8.06. The van der Waals surface area contributed by atoms with Gasteiger partial charge in [0.25, 0.3) is 0 Å². The van der Waals surface area contributed by atoms with Crippen LogP contribution in [-0.2, 0) is 10.0 Å². The van der Waals surface area contributed by atoms with E-state index in [2.05, 4.69) is 25.8 Å². The van der Waals surface area contributed by atoms with Gasteiger partial charge >= 0.3 is 0 Å². The fourth-order valence-corrected chi connectivity index (χ4v) is 3.53. The van der Waals surface area contributed by atoms with Crippen LogP contribution in [0.4, 0.5) is 5.82 Å². The van der Waals surface area contributed by atoms with Crippen LogP contribution >= 0.6 is 15.9 Å². The van der Waals surface area contributed by atoms with Gasteiger partial charge in [-0.15, -0.1) is 0 Å². The van der Waals surface area contributed by atoms with Crippen molar-refractivity contribution in [1.82, 2.24) is 9.29 Å². The van der Waals surface area contributed by atoms with Gasteiger partial charge < -0.3 is 4.90 Å². The molecule has 0 aromatic carbocycles. The first-order chi connectivity index (χ1) is 8.13. The van der Waals surface area contributed by atoms with Gasteiger partial charge in [-0.3, -0.25) is 0 Å². The van der Waals surface area contributed by atoms with E-state index in [0.29, 0.717) is 26.2 Å². The molecule has 0 unspecified atom stereocenters. The van der Waals surface area contributed by atoms with Crippen LogP contribution < -0.4 is 4.90 Å². The minimum atomic E-state index is -3.12. The van der Waals surface area contributed by atoms with E-state index in [9.17, 15) is 8.42 Å². The zero-order chi connectivity index (χ0) is 12.3. The number of hydrogen-bond acceptors (Lipinski definition) is 4.